The third-order valence-corrected chi connectivity index (χ3v) is 4.75. The van der Waals surface area contributed by atoms with Crippen LogP contribution in [0.1, 0.15) is 22.7 Å². The summed E-state index contributed by atoms with van der Waals surface area (Å²) in [5.41, 5.74) is 7.19. The molecule has 0 unspecified atom stereocenters. The summed E-state index contributed by atoms with van der Waals surface area (Å²) in [5.74, 6) is -1.31. The molecule has 1 aliphatic rings. The lowest BCUT2D eigenvalue weighted by Crippen LogP contribution is -2.35. The van der Waals surface area contributed by atoms with Crippen LogP contribution in [0.15, 0.2) is 46.6 Å². The quantitative estimate of drug-likeness (QED) is 0.769. The first-order chi connectivity index (χ1) is 12.9. The first-order valence-electron chi connectivity index (χ1n) is 8.25. The maximum Gasteiger partial charge on any atom is 0.340 e. The van der Waals surface area contributed by atoms with E-state index in [1.165, 1.54) is 11.7 Å². The molecule has 8 heteroatoms. The molecule has 0 saturated carbocycles. The molecule has 0 aliphatic carbocycles. The van der Waals surface area contributed by atoms with Crippen LogP contribution in [0.3, 0.4) is 0 Å². The average molecular weight is 391 g/mol. The predicted octanol–water partition coefficient (Wildman–Crippen LogP) is 1.67. The van der Waals surface area contributed by atoms with E-state index in [2.05, 4.69) is 0 Å². The molecule has 0 bridgehead atoms. The summed E-state index contributed by atoms with van der Waals surface area (Å²) in [6, 6.07) is 8.42. The molecular formula is C19H19ClN2O5. The molecule has 7 nitrogen and oxygen atoms in total. The van der Waals surface area contributed by atoms with E-state index >= 15 is 0 Å². The summed E-state index contributed by atoms with van der Waals surface area (Å²) < 4.78 is 11.9. The second-order valence-electron chi connectivity index (χ2n) is 6.10. The molecule has 2 aromatic rings. The highest BCUT2D eigenvalue weighted by atomic mass is 35.5. The summed E-state index contributed by atoms with van der Waals surface area (Å²) >= 11 is 5.98. The average Bonchev–Trinajstić information content (AvgIpc) is 2.64. The molecule has 0 saturated heterocycles. The number of hydrogen-bond donors (Lipinski definition) is 2. The molecule has 0 spiro atoms. The predicted molar refractivity (Wildman–Crippen MR) is 99.7 cm³/mol. The Balaban J connectivity index is 2.32. The Bertz CT molecular complexity index is 979. The van der Waals surface area contributed by atoms with Gasteiger partial charge in [0.1, 0.15) is 11.3 Å². The van der Waals surface area contributed by atoms with E-state index in [1.807, 2.05) is 0 Å². The number of fused-ring (bicyclic) bond motifs is 1. The minimum atomic E-state index is -0.781. The Morgan fingerprint density at radius 1 is 1.37 bits per heavy atom. The van der Waals surface area contributed by atoms with Crippen LogP contribution in [0.5, 0.6) is 5.75 Å². The first kappa shape index (κ1) is 19.0. The van der Waals surface area contributed by atoms with Crippen LogP contribution in [0.4, 0.5) is 0 Å². The summed E-state index contributed by atoms with van der Waals surface area (Å²) in [5, 5.41) is 9.82. The van der Waals surface area contributed by atoms with Crippen molar-refractivity contribution in [1.29, 1.82) is 0 Å². The monoisotopic (exact) mass is 390 g/mol. The van der Waals surface area contributed by atoms with Crippen molar-refractivity contribution in [2.24, 2.45) is 5.73 Å². The fraction of sp³-hybridized carbons (Fsp3) is 0.263. The summed E-state index contributed by atoms with van der Waals surface area (Å²) in [7, 11) is 1.23. The number of aromatic nitrogens is 1. The molecule has 3 N–H and O–H groups in total. The third kappa shape index (κ3) is 3.31. The van der Waals surface area contributed by atoms with Gasteiger partial charge in [-0.1, -0.05) is 23.7 Å². The molecule has 2 heterocycles. The molecule has 142 valence electrons. The fourth-order valence-electron chi connectivity index (χ4n) is 3.26. The molecule has 0 amide bonds. The van der Waals surface area contributed by atoms with Crippen molar-refractivity contribution in [1.82, 2.24) is 4.57 Å². The maximum absolute atomic E-state index is 13.2. The second-order valence-corrected chi connectivity index (χ2v) is 6.54. The van der Waals surface area contributed by atoms with Crippen LogP contribution >= 0.6 is 11.6 Å². The number of carbonyl (C=O) groups is 1. The second kappa shape index (κ2) is 7.46. The van der Waals surface area contributed by atoms with Crippen LogP contribution in [0, 0.1) is 6.92 Å². The number of pyridine rings is 1. The number of aliphatic hydroxyl groups excluding tert-OH is 1. The highest BCUT2D eigenvalue weighted by Crippen LogP contribution is 2.41. The molecule has 1 aromatic heterocycles. The molecule has 3 rings (SSSR count). The largest absolute Gasteiger partial charge is 0.465 e. The number of aliphatic hydroxyl groups is 1. The number of nitrogens with two attached hydrogens (primary N) is 1. The number of rotatable bonds is 4. The van der Waals surface area contributed by atoms with E-state index in [0.717, 1.165) is 0 Å². The van der Waals surface area contributed by atoms with Gasteiger partial charge in [-0.05, 0) is 24.6 Å². The number of methoxy groups -OCH3 is 1. The van der Waals surface area contributed by atoms with Gasteiger partial charge in [0, 0.05) is 23.3 Å². The summed E-state index contributed by atoms with van der Waals surface area (Å²) in [4.78, 5) is 25.6. The van der Waals surface area contributed by atoms with E-state index in [4.69, 9.17) is 26.8 Å². The van der Waals surface area contributed by atoms with Crippen molar-refractivity contribution in [3.8, 4) is 5.75 Å². The Hall–Kier alpha value is -2.77. The molecule has 1 atom stereocenters. The Morgan fingerprint density at radius 3 is 2.63 bits per heavy atom. The van der Waals surface area contributed by atoms with Crippen LogP contribution < -0.4 is 16.0 Å². The van der Waals surface area contributed by atoms with Crippen molar-refractivity contribution in [3.05, 3.63) is 74.0 Å². The van der Waals surface area contributed by atoms with Gasteiger partial charge < -0.3 is 24.9 Å². The molecule has 0 radical (unpaired) electrons. The first-order valence-corrected chi connectivity index (χ1v) is 8.63. The van der Waals surface area contributed by atoms with Gasteiger partial charge >= 0.3 is 5.97 Å². The lowest BCUT2D eigenvalue weighted by molar-refractivity contribution is -0.136. The molecule has 27 heavy (non-hydrogen) atoms. The van der Waals surface area contributed by atoms with Gasteiger partial charge in [-0.15, -0.1) is 0 Å². The number of halogens is 1. The van der Waals surface area contributed by atoms with E-state index < -0.39 is 11.9 Å². The molecular weight excluding hydrogens is 372 g/mol. The van der Waals surface area contributed by atoms with Crippen molar-refractivity contribution >= 4 is 17.6 Å². The number of esters is 1. The van der Waals surface area contributed by atoms with Crippen molar-refractivity contribution in [3.63, 3.8) is 0 Å². The fourth-order valence-corrected chi connectivity index (χ4v) is 3.39. The smallest absolute Gasteiger partial charge is 0.340 e. The molecule has 0 fully saturated rings. The highest BCUT2D eigenvalue weighted by Gasteiger charge is 2.38. The lowest BCUT2D eigenvalue weighted by Gasteiger charge is -2.29. The van der Waals surface area contributed by atoms with Gasteiger partial charge in [-0.3, -0.25) is 4.79 Å². The zero-order valence-electron chi connectivity index (χ0n) is 14.9. The van der Waals surface area contributed by atoms with Gasteiger partial charge in [-0.25, -0.2) is 4.79 Å². The van der Waals surface area contributed by atoms with Crippen LogP contribution in [-0.4, -0.2) is 29.4 Å². The van der Waals surface area contributed by atoms with Crippen LogP contribution in [-0.2, 0) is 16.1 Å². The number of ether oxygens (including phenoxy) is 2. The van der Waals surface area contributed by atoms with Crippen molar-refractivity contribution < 1.29 is 19.4 Å². The number of carbonyl (C=O) groups excluding carboxylic acids is 1. The van der Waals surface area contributed by atoms with Gasteiger partial charge in [0.2, 0.25) is 5.88 Å². The van der Waals surface area contributed by atoms with Crippen LogP contribution in [0.2, 0.25) is 5.02 Å². The zero-order chi connectivity index (χ0) is 19.7. The standard InChI is InChI=1S/C19H19ClN2O5/c1-10-9-13-15(18(24)22(10)7-8-23)14(11-3-5-12(20)6-4-11)16(17(21)27-13)19(25)26-2/h3-6,9,14,23H,7-8,21H2,1-2H3/t14-/m0/s1. The van der Waals surface area contributed by atoms with Gasteiger partial charge in [0.05, 0.1) is 25.2 Å². The lowest BCUT2D eigenvalue weighted by atomic mass is 9.83. The summed E-state index contributed by atoms with van der Waals surface area (Å²) in [6.45, 7) is 1.65. The van der Waals surface area contributed by atoms with E-state index in [1.54, 1.807) is 37.3 Å². The van der Waals surface area contributed by atoms with Crippen LogP contribution in [0.25, 0.3) is 0 Å². The van der Waals surface area contributed by atoms with Gasteiger partial charge in [0.15, 0.2) is 0 Å². The minimum Gasteiger partial charge on any atom is -0.465 e. The molecule has 1 aliphatic heterocycles. The Labute approximate surface area is 160 Å². The third-order valence-electron chi connectivity index (χ3n) is 4.50. The topological polar surface area (TPSA) is 104 Å². The Kier molecular flexibility index (Phi) is 5.25. The van der Waals surface area contributed by atoms with E-state index in [0.29, 0.717) is 16.3 Å². The SMILES string of the molecule is COC(=O)C1=C(N)Oc2cc(C)n(CCO)c(=O)c2[C@@H]1c1ccc(Cl)cc1. The van der Waals surface area contributed by atoms with Gasteiger partial charge in [0.25, 0.3) is 5.56 Å². The minimum absolute atomic E-state index is 0.0452. The molecule has 1 aromatic carbocycles. The Morgan fingerprint density at radius 2 is 2.04 bits per heavy atom. The summed E-state index contributed by atoms with van der Waals surface area (Å²) in [6.07, 6.45) is 0. The number of nitrogens with zero attached hydrogens (tertiary/aromatic N) is 1. The van der Waals surface area contributed by atoms with E-state index in [9.17, 15) is 14.7 Å². The van der Waals surface area contributed by atoms with Crippen molar-refractivity contribution in [2.75, 3.05) is 13.7 Å². The number of benzene rings is 1. The van der Waals surface area contributed by atoms with Crippen molar-refractivity contribution in [2.45, 2.75) is 19.4 Å². The van der Waals surface area contributed by atoms with E-state index in [-0.39, 0.29) is 41.5 Å². The number of hydrogen-bond acceptors (Lipinski definition) is 6. The zero-order valence-corrected chi connectivity index (χ0v) is 15.6. The highest BCUT2D eigenvalue weighted by molar-refractivity contribution is 6.30. The normalized spacial score (nSPS) is 15.9. The van der Waals surface area contributed by atoms with Gasteiger partial charge in [-0.2, -0.15) is 0 Å². The number of aryl methyl sites for hydroxylation is 1. The maximum atomic E-state index is 13.2.